The molecule has 1 saturated heterocycles. The van der Waals surface area contributed by atoms with Crippen LogP contribution in [0.2, 0.25) is 0 Å². The number of carbonyl (C=O) groups excluding carboxylic acids is 1. The lowest BCUT2D eigenvalue weighted by Crippen LogP contribution is -2.36. The van der Waals surface area contributed by atoms with Crippen LogP contribution in [0.1, 0.15) is 5.56 Å². The van der Waals surface area contributed by atoms with Gasteiger partial charge in [0.05, 0.1) is 19.0 Å². The summed E-state index contributed by atoms with van der Waals surface area (Å²) in [6.07, 6.45) is 1.50. The monoisotopic (exact) mass is 479 g/mol. The lowest BCUT2D eigenvalue weighted by molar-refractivity contribution is -0.113. The highest BCUT2D eigenvalue weighted by Gasteiger charge is 2.18. The Morgan fingerprint density at radius 1 is 1.36 bits per heavy atom. The molecule has 1 N–H and O–H groups in total. The molecule has 3 aromatic rings. The summed E-state index contributed by atoms with van der Waals surface area (Å²) in [7, 11) is 0. The van der Waals surface area contributed by atoms with E-state index < -0.39 is 0 Å². The maximum Gasteiger partial charge on any atom is 0.234 e. The van der Waals surface area contributed by atoms with Crippen LogP contribution in [0.25, 0.3) is 10.3 Å². The minimum atomic E-state index is -0.0693. The molecule has 2 aromatic heterocycles. The number of ether oxygens (including phenoxy) is 1. The van der Waals surface area contributed by atoms with Crippen molar-refractivity contribution < 1.29 is 9.53 Å². The summed E-state index contributed by atoms with van der Waals surface area (Å²) < 4.78 is 7.31. The Balaban J connectivity index is 1.45. The van der Waals surface area contributed by atoms with E-state index >= 15 is 0 Å². The maximum absolute atomic E-state index is 12.4. The van der Waals surface area contributed by atoms with Crippen molar-refractivity contribution in [1.82, 2.24) is 15.0 Å². The third-order valence-electron chi connectivity index (χ3n) is 4.23. The van der Waals surface area contributed by atoms with Gasteiger partial charge in [-0.2, -0.15) is 4.98 Å². The number of aryl methyl sites for hydroxylation is 1. The highest BCUT2D eigenvalue weighted by atomic mass is 79.9. The van der Waals surface area contributed by atoms with Gasteiger partial charge in [0, 0.05) is 23.2 Å². The highest BCUT2D eigenvalue weighted by molar-refractivity contribution is 9.10. The van der Waals surface area contributed by atoms with Gasteiger partial charge in [-0.1, -0.05) is 39.0 Å². The average molecular weight is 480 g/mol. The highest BCUT2D eigenvalue weighted by Crippen LogP contribution is 2.34. The zero-order valence-corrected chi connectivity index (χ0v) is 18.4. The van der Waals surface area contributed by atoms with Gasteiger partial charge in [-0.15, -0.1) is 0 Å². The Kier molecular flexibility index (Phi) is 6.10. The summed E-state index contributed by atoms with van der Waals surface area (Å²) in [6, 6.07) is 5.78. The molecule has 1 aliphatic heterocycles. The van der Waals surface area contributed by atoms with E-state index in [9.17, 15) is 4.79 Å². The molecule has 0 atom stereocenters. The van der Waals surface area contributed by atoms with Gasteiger partial charge in [0.2, 0.25) is 5.91 Å². The summed E-state index contributed by atoms with van der Waals surface area (Å²) in [5.41, 5.74) is 2.50. The summed E-state index contributed by atoms with van der Waals surface area (Å²) in [5.74, 6) is 0.201. The number of thioether (sulfide) groups is 1. The molecule has 28 heavy (non-hydrogen) atoms. The molecule has 1 aromatic carbocycles. The summed E-state index contributed by atoms with van der Waals surface area (Å²) in [4.78, 5) is 27.9. The van der Waals surface area contributed by atoms with Gasteiger partial charge in [-0.05, 0) is 30.7 Å². The molecule has 1 fully saturated rings. The molecule has 0 radical (unpaired) electrons. The molecular formula is C18H18BrN5O2S2. The Morgan fingerprint density at radius 3 is 2.96 bits per heavy atom. The van der Waals surface area contributed by atoms with E-state index in [1.807, 2.05) is 25.1 Å². The molecule has 0 spiro atoms. The first kappa shape index (κ1) is 19.6. The fourth-order valence-corrected chi connectivity index (χ4v) is 5.22. The van der Waals surface area contributed by atoms with Crippen LogP contribution in [0.3, 0.4) is 0 Å². The molecule has 7 nitrogen and oxygen atoms in total. The van der Waals surface area contributed by atoms with Crippen LogP contribution in [0.15, 0.2) is 34.0 Å². The van der Waals surface area contributed by atoms with Crippen molar-refractivity contribution in [2.24, 2.45) is 0 Å². The second-order valence-electron chi connectivity index (χ2n) is 6.22. The fourth-order valence-electron chi connectivity index (χ4n) is 2.80. The minimum Gasteiger partial charge on any atom is -0.378 e. The first-order valence-electron chi connectivity index (χ1n) is 8.73. The van der Waals surface area contributed by atoms with Gasteiger partial charge < -0.3 is 15.0 Å². The van der Waals surface area contributed by atoms with E-state index in [0.29, 0.717) is 18.9 Å². The third-order valence-corrected chi connectivity index (χ3v) is 6.96. The second kappa shape index (κ2) is 8.73. The Labute approximate surface area is 179 Å². The Bertz CT molecular complexity index is 1010. The fraction of sp³-hybridized carbons (Fsp3) is 0.333. The predicted octanol–water partition coefficient (Wildman–Crippen LogP) is 3.72. The summed E-state index contributed by atoms with van der Waals surface area (Å²) in [5, 5.41) is 4.66. The van der Waals surface area contributed by atoms with Crippen LogP contribution < -0.4 is 10.2 Å². The van der Waals surface area contributed by atoms with Crippen molar-refractivity contribution in [3.63, 3.8) is 0 Å². The van der Waals surface area contributed by atoms with Crippen molar-refractivity contribution in [2.75, 3.05) is 42.3 Å². The van der Waals surface area contributed by atoms with Crippen LogP contribution >= 0.6 is 39.0 Å². The van der Waals surface area contributed by atoms with Crippen LogP contribution in [0, 0.1) is 6.92 Å². The van der Waals surface area contributed by atoms with E-state index in [-0.39, 0.29) is 11.7 Å². The third kappa shape index (κ3) is 4.45. The van der Waals surface area contributed by atoms with E-state index in [4.69, 9.17) is 4.74 Å². The molecule has 0 bridgehead atoms. The lowest BCUT2D eigenvalue weighted by Gasteiger charge is -2.25. The van der Waals surface area contributed by atoms with Gasteiger partial charge in [-0.3, -0.25) is 4.79 Å². The Morgan fingerprint density at radius 2 is 2.18 bits per heavy atom. The predicted molar refractivity (Wildman–Crippen MR) is 116 cm³/mol. The number of hydrogen-bond acceptors (Lipinski definition) is 8. The normalized spacial score (nSPS) is 14.4. The quantitative estimate of drug-likeness (QED) is 0.440. The minimum absolute atomic E-state index is 0.0693. The first-order valence-corrected chi connectivity index (χ1v) is 11.3. The zero-order chi connectivity index (χ0) is 19.5. The topological polar surface area (TPSA) is 80.2 Å². The number of thiazole rings is 1. The van der Waals surface area contributed by atoms with Crippen molar-refractivity contribution in [2.45, 2.75) is 11.9 Å². The number of fused-ring (bicyclic) bond motifs is 1. The van der Waals surface area contributed by atoms with Gasteiger partial charge in [-0.25, -0.2) is 9.97 Å². The number of rotatable bonds is 5. The van der Waals surface area contributed by atoms with Crippen LogP contribution in [-0.4, -0.2) is 52.9 Å². The largest absolute Gasteiger partial charge is 0.378 e. The lowest BCUT2D eigenvalue weighted by atomic mass is 10.2. The number of aromatic nitrogens is 3. The summed E-state index contributed by atoms with van der Waals surface area (Å²) in [6.45, 7) is 5.03. The maximum atomic E-state index is 12.4. The molecule has 0 unspecified atom stereocenters. The molecule has 146 valence electrons. The number of hydrogen-bond donors (Lipinski definition) is 1. The SMILES string of the molecule is Cc1cc(Br)ccc1NC(=O)CSc1ncnc2nc(N3CCOCC3)sc12. The molecule has 0 aliphatic carbocycles. The van der Waals surface area contributed by atoms with E-state index in [0.717, 1.165) is 43.7 Å². The molecule has 3 heterocycles. The second-order valence-corrected chi connectivity index (χ2v) is 9.08. The van der Waals surface area contributed by atoms with Gasteiger partial charge in [0.15, 0.2) is 10.8 Å². The standard InChI is InChI=1S/C18H18BrN5O2S2/c1-11-8-12(19)2-3-13(11)22-14(25)9-27-17-15-16(20-10-21-17)23-18(28-15)24-4-6-26-7-5-24/h2-3,8,10H,4-7,9H2,1H3,(H,22,25). The van der Waals surface area contributed by atoms with E-state index in [1.165, 1.54) is 18.1 Å². The van der Waals surface area contributed by atoms with Crippen LogP contribution in [-0.2, 0) is 9.53 Å². The molecule has 1 amide bonds. The number of nitrogens with one attached hydrogen (secondary N) is 1. The number of anilines is 2. The number of morpholine rings is 1. The van der Waals surface area contributed by atoms with Crippen LogP contribution in [0.5, 0.6) is 0 Å². The number of halogens is 1. The van der Waals surface area contributed by atoms with Crippen molar-refractivity contribution in [1.29, 1.82) is 0 Å². The Hall–Kier alpha value is -1.75. The van der Waals surface area contributed by atoms with Gasteiger partial charge in [0.25, 0.3) is 0 Å². The van der Waals surface area contributed by atoms with E-state index in [2.05, 4.69) is 41.1 Å². The number of carbonyl (C=O) groups is 1. The van der Waals surface area contributed by atoms with Crippen molar-refractivity contribution in [3.8, 4) is 0 Å². The average Bonchev–Trinajstić information content (AvgIpc) is 3.14. The zero-order valence-electron chi connectivity index (χ0n) is 15.1. The molecular weight excluding hydrogens is 462 g/mol. The van der Waals surface area contributed by atoms with Gasteiger partial charge >= 0.3 is 0 Å². The molecule has 4 rings (SSSR count). The van der Waals surface area contributed by atoms with Crippen molar-refractivity contribution in [3.05, 3.63) is 34.6 Å². The van der Waals surface area contributed by atoms with Crippen LogP contribution in [0.4, 0.5) is 10.8 Å². The number of amides is 1. The number of benzene rings is 1. The molecule has 0 saturated carbocycles. The molecule has 1 aliphatic rings. The molecule has 10 heteroatoms. The smallest absolute Gasteiger partial charge is 0.234 e. The van der Waals surface area contributed by atoms with Gasteiger partial charge in [0.1, 0.15) is 16.1 Å². The van der Waals surface area contributed by atoms with Crippen molar-refractivity contribution >= 4 is 66.1 Å². The van der Waals surface area contributed by atoms with E-state index in [1.54, 1.807) is 11.3 Å². The number of nitrogens with zero attached hydrogens (tertiary/aromatic N) is 4. The first-order chi connectivity index (χ1) is 13.6. The summed E-state index contributed by atoms with van der Waals surface area (Å²) >= 11 is 6.40.